The molecule has 2 N–H and O–H groups in total. The summed E-state index contributed by atoms with van der Waals surface area (Å²) in [5.41, 5.74) is 5.77. The number of rotatable bonds is 4. The Morgan fingerprint density at radius 2 is 2.15 bits per heavy atom. The molecule has 1 heterocycles. The summed E-state index contributed by atoms with van der Waals surface area (Å²) in [7, 11) is 0. The van der Waals surface area contributed by atoms with Crippen LogP contribution in [0.3, 0.4) is 0 Å². The van der Waals surface area contributed by atoms with Crippen LogP contribution in [-0.4, -0.2) is 41.4 Å². The van der Waals surface area contributed by atoms with Crippen molar-refractivity contribution in [1.29, 1.82) is 0 Å². The summed E-state index contributed by atoms with van der Waals surface area (Å²) in [6, 6.07) is -0.289. The minimum atomic E-state index is -0.289. The number of amides is 1. The second-order valence-corrected chi connectivity index (χ2v) is 4.62. The van der Waals surface area contributed by atoms with Crippen LogP contribution in [0.25, 0.3) is 0 Å². The molecule has 1 amide bonds. The third kappa shape index (κ3) is 3.19. The van der Waals surface area contributed by atoms with Gasteiger partial charge in [0.05, 0.1) is 6.04 Å². The summed E-state index contributed by atoms with van der Waals surface area (Å²) < 4.78 is 0. The molecular weight excluding hydrogens is 184 g/mol. The van der Waals surface area contributed by atoms with E-state index in [9.17, 15) is 4.79 Å². The minimum Gasteiger partial charge on any atom is -0.341 e. The summed E-state index contributed by atoms with van der Waals surface area (Å²) in [5.74, 6) is 1.92. The van der Waals surface area contributed by atoms with Gasteiger partial charge >= 0.3 is 0 Å². The predicted molar refractivity (Wildman–Crippen MR) is 56.8 cm³/mol. The normalized spacial score (nSPS) is 19.1. The first kappa shape index (κ1) is 10.9. The first-order valence-corrected chi connectivity index (χ1v) is 6.03. The maximum Gasteiger partial charge on any atom is 0.240 e. The molecule has 0 radical (unpaired) electrons. The Morgan fingerprint density at radius 1 is 1.54 bits per heavy atom. The van der Waals surface area contributed by atoms with Crippen LogP contribution in [0.15, 0.2) is 0 Å². The van der Waals surface area contributed by atoms with Crippen molar-refractivity contribution in [2.45, 2.75) is 25.8 Å². The maximum atomic E-state index is 11.6. The fraction of sp³-hybridized carbons (Fsp3) is 0.889. The molecular formula is C9H18N2OS. The zero-order valence-electron chi connectivity index (χ0n) is 8.16. The smallest absolute Gasteiger partial charge is 0.240 e. The van der Waals surface area contributed by atoms with E-state index in [2.05, 4.69) is 6.92 Å². The van der Waals surface area contributed by atoms with Crippen LogP contribution in [0, 0.1) is 0 Å². The van der Waals surface area contributed by atoms with Crippen molar-refractivity contribution in [2.24, 2.45) is 5.73 Å². The van der Waals surface area contributed by atoms with Crippen LogP contribution in [0.4, 0.5) is 0 Å². The Labute approximate surface area is 84.0 Å². The number of carbonyl (C=O) groups excluding carboxylic acids is 1. The van der Waals surface area contributed by atoms with Gasteiger partial charge in [-0.25, -0.2) is 0 Å². The van der Waals surface area contributed by atoms with Gasteiger partial charge in [-0.15, -0.1) is 0 Å². The molecule has 76 valence electrons. The van der Waals surface area contributed by atoms with Gasteiger partial charge in [0.2, 0.25) is 5.91 Å². The highest BCUT2D eigenvalue weighted by Crippen LogP contribution is 2.10. The number of likely N-dealkylation sites (tertiary alicyclic amines) is 1. The molecule has 0 aromatic heterocycles. The third-order valence-electron chi connectivity index (χ3n) is 2.24. The Kier molecular flexibility index (Phi) is 4.59. The first-order chi connectivity index (χ1) is 6.25. The molecule has 0 aromatic rings. The Balaban J connectivity index is 2.28. The lowest BCUT2D eigenvalue weighted by Crippen LogP contribution is -2.43. The summed E-state index contributed by atoms with van der Waals surface area (Å²) in [6.07, 6.45) is 2.28. The number of hydrogen-bond acceptors (Lipinski definition) is 3. The van der Waals surface area contributed by atoms with Gasteiger partial charge < -0.3 is 10.6 Å². The first-order valence-electron chi connectivity index (χ1n) is 4.87. The number of nitrogens with zero attached hydrogens (tertiary/aromatic N) is 1. The van der Waals surface area contributed by atoms with Crippen molar-refractivity contribution in [3.05, 3.63) is 0 Å². The summed E-state index contributed by atoms with van der Waals surface area (Å²) in [6.45, 7) is 3.89. The van der Waals surface area contributed by atoms with Crippen molar-refractivity contribution in [2.75, 3.05) is 24.6 Å². The van der Waals surface area contributed by atoms with Gasteiger partial charge in [-0.1, -0.05) is 6.92 Å². The molecule has 1 aliphatic heterocycles. The van der Waals surface area contributed by atoms with E-state index < -0.39 is 0 Å². The molecule has 1 aliphatic rings. The SMILES string of the molecule is CCSCC(N)C(=O)N1CCCC1. The monoisotopic (exact) mass is 202 g/mol. The zero-order chi connectivity index (χ0) is 9.68. The molecule has 1 rings (SSSR count). The molecule has 0 saturated carbocycles. The van der Waals surface area contributed by atoms with Gasteiger partial charge in [0, 0.05) is 18.8 Å². The van der Waals surface area contributed by atoms with Crippen LogP contribution < -0.4 is 5.73 Å². The second-order valence-electron chi connectivity index (χ2n) is 3.30. The Hall–Kier alpha value is -0.220. The number of nitrogens with two attached hydrogens (primary N) is 1. The van der Waals surface area contributed by atoms with Crippen molar-refractivity contribution in [3.8, 4) is 0 Å². The third-order valence-corrected chi connectivity index (χ3v) is 3.24. The van der Waals surface area contributed by atoms with E-state index in [1.807, 2.05) is 4.90 Å². The summed E-state index contributed by atoms with van der Waals surface area (Å²) in [5, 5.41) is 0. The molecule has 0 spiro atoms. The molecule has 1 atom stereocenters. The van der Waals surface area contributed by atoms with E-state index in [1.165, 1.54) is 0 Å². The van der Waals surface area contributed by atoms with Gasteiger partial charge in [0.15, 0.2) is 0 Å². The van der Waals surface area contributed by atoms with Crippen LogP contribution in [0.2, 0.25) is 0 Å². The lowest BCUT2D eigenvalue weighted by molar-refractivity contribution is -0.130. The fourth-order valence-corrected chi connectivity index (χ4v) is 2.12. The highest BCUT2D eigenvalue weighted by molar-refractivity contribution is 7.99. The Bertz CT molecular complexity index is 169. The van der Waals surface area contributed by atoms with Crippen molar-refractivity contribution >= 4 is 17.7 Å². The molecule has 1 saturated heterocycles. The van der Waals surface area contributed by atoms with Crippen LogP contribution in [0.5, 0.6) is 0 Å². The minimum absolute atomic E-state index is 0.137. The molecule has 1 fully saturated rings. The van der Waals surface area contributed by atoms with Crippen LogP contribution in [-0.2, 0) is 4.79 Å². The summed E-state index contributed by atoms with van der Waals surface area (Å²) in [4.78, 5) is 13.5. The van der Waals surface area contributed by atoms with E-state index in [1.54, 1.807) is 11.8 Å². The number of carbonyl (C=O) groups is 1. The fourth-order valence-electron chi connectivity index (χ4n) is 1.49. The molecule has 0 aliphatic carbocycles. The number of hydrogen-bond donors (Lipinski definition) is 1. The van der Waals surface area contributed by atoms with Crippen LogP contribution >= 0.6 is 11.8 Å². The largest absolute Gasteiger partial charge is 0.341 e. The summed E-state index contributed by atoms with van der Waals surface area (Å²) >= 11 is 1.73. The molecule has 4 heteroatoms. The standard InChI is InChI=1S/C9H18N2OS/c1-2-13-7-8(10)9(12)11-5-3-4-6-11/h8H,2-7,10H2,1H3. The Morgan fingerprint density at radius 3 is 2.69 bits per heavy atom. The lowest BCUT2D eigenvalue weighted by atomic mass is 10.3. The number of thioether (sulfide) groups is 1. The lowest BCUT2D eigenvalue weighted by Gasteiger charge is -2.19. The van der Waals surface area contributed by atoms with Gasteiger partial charge in [0.25, 0.3) is 0 Å². The van der Waals surface area contributed by atoms with Crippen molar-refractivity contribution < 1.29 is 4.79 Å². The van der Waals surface area contributed by atoms with Crippen LogP contribution in [0.1, 0.15) is 19.8 Å². The van der Waals surface area contributed by atoms with E-state index in [-0.39, 0.29) is 11.9 Å². The highest BCUT2D eigenvalue weighted by atomic mass is 32.2. The van der Waals surface area contributed by atoms with Gasteiger partial charge in [0.1, 0.15) is 0 Å². The topological polar surface area (TPSA) is 46.3 Å². The van der Waals surface area contributed by atoms with E-state index >= 15 is 0 Å². The van der Waals surface area contributed by atoms with E-state index in [0.717, 1.165) is 37.4 Å². The molecule has 13 heavy (non-hydrogen) atoms. The molecule has 3 nitrogen and oxygen atoms in total. The van der Waals surface area contributed by atoms with E-state index in [0.29, 0.717) is 0 Å². The van der Waals surface area contributed by atoms with Crippen molar-refractivity contribution in [1.82, 2.24) is 4.90 Å². The van der Waals surface area contributed by atoms with Crippen molar-refractivity contribution in [3.63, 3.8) is 0 Å². The molecule has 0 bridgehead atoms. The quantitative estimate of drug-likeness (QED) is 0.729. The average molecular weight is 202 g/mol. The predicted octanol–water partition coefficient (Wildman–Crippen LogP) is 0.689. The second kappa shape index (κ2) is 5.50. The highest BCUT2D eigenvalue weighted by Gasteiger charge is 2.22. The molecule has 0 aromatic carbocycles. The zero-order valence-corrected chi connectivity index (χ0v) is 8.98. The van der Waals surface area contributed by atoms with E-state index in [4.69, 9.17) is 5.73 Å². The average Bonchev–Trinajstić information content (AvgIpc) is 2.65. The van der Waals surface area contributed by atoms with Gasteiger partial charge in [-0.05, 0) is 18.6 Å². The van der Waals surface area contributed by atoms with Gasteiger partial charge in [-0.3, -0.25) is 4.79 Å². The molecule has 1 unspecified atom stereocenters. The maximum absolute atomic E-state index is 11.6. The van der Waals surface area contributed by atoms with Gasteiger partial charge in [-0.2, -0.15) is 11.8 Å².